The summed E-state index contributed by atoms with van der Waals surface area (Å²) in [7, 11) is 0. The van der Waals surface area contributed by atoms with E-state index in [2.05, 4.69) is 385 Å². The summed E-state index contributed by atoms with van der Waals surface area (Å²) in [6.07, 6.45) is 17.7. The zero-order valence-electron chi connectivity index (χ0n) is 72.4. The fourth-order valence-electron chi connectivity index (χ4n) is 23.2. The fourth-order valence-corrected chi connectivity index (χ4v) is 23.2. The van der Waals surface area contributed by atoms with Crippen LogP contribution in [0.2, 0.25) is 0 Å². The molecule has 16 aromatic rings. The Labute approximate surface area is 718 Å². The molecule has 121 heavy (non-hydrogen) atoms. The van der Waals surface area contributed by atoms with Gasteiger partial charge in [0, 0.05) is 27.1 Å². The predicted molar refractivity (Wildman–Crippen MR) is 517 cm³/mol. The molecule has 5 aliphatic carbocycles. The molecular formula is C121H110. The van der Waals surface area contributed by atoms with Gasteiger partial charge >= 0.3 is 0 Å². The normalized spacial score (nSPS) is 15.0. The zero-order valence-corrected chi connectivity index (χ0v) is 72.4. The highest BCUT2D eigenvalue weighted by Gasteiger charge is 2.49. The summed E-state index contributed by atoms with van der Waals surface area (Å²) in [6, 6.07) is 123. The van der Waals surface area contributed by atoms with E-state index in [1.807, 2.05) is 0 Å². The molecule has 21 rings (SSSR count). The van der Waals surface area contributed by atoms with Crippen LogP contribution in [0.1, 0.15) is 215 Å². The molecule has 0 aliphatic heterocycles. The minimum Gasteiger partial charge on any atom is -0.0654 e. The minimum absolute atomic E-state index is 0.0502. The van der Waals surface area contributed by atoms with E-state index in [-0.39, 0.29) is 27.1 Å². The molecule has 0 unspecified atom stereocenters. The van der Waals surface area contributed by atoms with Crippen molar-refractivity contribution in [2.75, 3.05) is 0 Å². The minimum atomic E-state index is -0.268. The van der Waals surface area contributed by atoms with Crippen LogP contribution in [0, 0.1) is 0 Å². The SMILES string of the molecule is CCCCCCCCC1(CCCCCCCC)c2cc3c(cc2-c2cc4c(cc21)-c1c(cc(-c2ccc(-c5cccc(-c6cccc(-c7ccc8c(c7)C(C)(C)c7ccccc7-8)c6)c5)cc2)c2ccccc12)C4(C)C)C(C)(C)c1cc(-c2ccc(-c4cccc(-c5cccc(-c6ccc7c(c6)C(C)(C)c6ccccc6-7)c5)c4)cc2)c2ccccc2c1-3. The first kappa shape index (κ1) is 76.4. The summed E-state index contributed by atoms with van der Waals surface area (Å²) in [5, 5.41) is 5.34. The van der Waals surface area contributed by atoms with E-state index in [9.17, 15) is 0 Å². The van der Waals surface area contributed by atoms with Crippen molar-refractivity contribution in [2.45, 2.75) is 186 Å². The molecule has 0 radical (unpaired) electrons. The van der Waals surface area contributed by atoms with Gasteiger partial charge < -0.3 is 0 Å². The Morgan fingerprint density at radius 1 is 0.165 bits per heavy atom. The van der Waals surface area contributed by atoms with Crippen molar-refractivity contribution in [2.24, 2.45) is 0 Å². The van der Waals surface area contributed by atoms with Crippen LogP contribution in [0.5, 0.6) is 0 Å². The average molecular weight is 1560 g/mol. The second-order valence-electron chi connectivity index (χ2n) is 38.4. The topological polar surface area (TPSA) is 0 Å². The number of benzene rings is 16. The smallest absolute Gasteiger partial charge is 0.0215 e. The van der Waals surface area contributed by atoms with Crippen molar-refractivity contribution in [3.8, 4) is 145 Å². The number of fused-ring (bicyclic) bond motifs is 19. The lowest BCUT2D eigenvalue weighted by atomic mass is 9.69. The van der Waals surface area contributed by atoms with Crippen molar-refractivity contribution in [3.05, 3.63) is 371 Å². The average Bonchev–Trinajstić information content (AvgIpc) is 1.51. The molecule has 0 aromatic heterocycles. The quantitative estimate of drug-likeness (QED) is 0.0593. The van der Waals surface area contributed by atoms with Crippen molar-refractivity contribution in [3.63, 3.8) is 0 Å². The molecule has 5 aliphatic rings. The third kappa shape index (κ3) is 12.5. The first-order valence-corrected chi connectivity index (χ1v) is 45.5. The molecule has 0 spiro atoms. The lowest BCUT2D eigenvalue weighted by Gasteiger charge is -2.34. The molecule has 594 valence electrons. The maximum Gasteiger partial charge on any atom is 0.0215 e. The maximum absolute atomic E-state index is 2.80. The van der Waals surface area contributed by atoms with E-state index in [1.165, 1.54) is 288 Å². The van der Waals surface area contributed by atoms with Gasteiger partial charge in [0.1, 0.15) is 0 Å². The molecule has 0 amide bonds. The highest BCUT2D eigenvalue weighted by atomic mass is 14.5. The van der Waals surface area contributed by atoms with Gasteiger partial charge in [-0.15, -0.1) is 0 Å². The molecule has 0 atom stereocenters. The second-order valence-corrected chi connectivity index (χ2v) is 38.4. The van der Waals surface area contributed by atoms with Gasteiger partial charge in [0.05, 0.1) is 0 Å². The predicted octanol–water partition coefficient (Wildman–Crippen LogP) is 34.3. The largest absolute Gasteiger partial charge is 0.0654 e. The highest BCUT2D eigenvalue weighted by Crippen LogP contribution is 2.64. The lowest BCUT2D eigenvalue weighted by Crippen LogP contribution is -2.26. The van der Waals surface area contributed by atoms with E-state index in [1.54, 1.807) is 11.1 Å². The molecule has 0 bridgehead atoms. The van der Waals surface area contributed by atoms with E-state index in [4.69, 9.17) is 0 Å². The van der Waals surface area contributed by atoms with Gasteiger partial charge in [0.25, 0.3) is 0 Å². The van der Waals surface area contributed by atoms with Gasteiger partial charge in [-0.3, -0.25) is 0 Å². The Kier molecular flexibility index (Phi) is 18.8. The number of unbranched alkanes of at least 4 members (excludes halogenated alkanes) is 10. The highest BCUT2D eigenvalue weighted by molar-refractivity contribution is 6.12. The Morgan fingerprint density at radius 2 is 0.430 bits per heavy atom. The van der Waals surface area contributed by atoms with Gasteiger partial charge in [-0.1, -0.05) is 389 Å². The first-order valence-electron chi connectivity index (χ1n) is 45.5. The molecule has 0 N–H and O–H groups in total. The van der Waals surface area contributed by atoms with Crippen molar-refractivity contribution in [1.82, 2.24) is 0 Å². The van der Waals surface area contributed by atoms with Gasteiger partial charge in [-0.05, 0) is 307 Å². The van der Waals surface area contributed by atoms with E-state index in [0.29, 0.717) is 0 Å². The van der Waals surface area contributed by atoms with Gasteiger partial charge in [-0.25, -0.2) is 0 Å². The second kappa shape index (κ2) is 29.7. The van der Waals surface area contributed by atoms with E-state index < -0.39 is 0 Å². The third-order valence-electron chi connectivity index (χ3n) is 29.9. The molecule has 0 heterocycles. The summed E-state index contributed by atoms with van der Waals surface area (Å²) >= 11 is 0. The molecule has 0 saturated heterocycles. The zero-order chi connectivity index (χ0) is 82.3. The van der Waals surface area contributed by atoms with Crippen molar-refractivity contribution in [1.29, 1.82) is 0 Å². The summed E-state index contributed by atoms with van der Waals surface area (Å²) in [5.74, 6) is 0. The molecule has 0 nitrogen and oxygen atoms in total. The summed E-state index contributed by atoms with van der Waals surface area (Å²) in [5.41, 5.74) is 47.8. The van der Waals surface area contributed by atoms with E-state index in [0.717, 1.165) is 12.8 Å². The van der Waals surface area contributed by atoms with Crippen LogP contribution in [0.4, 0.5) is 0 Å². The summed E-state index contributed by atoms with van der Waals surface area (Å²) in [6.45, 7) is 24.3. The molecule has 0 fully saturated rings. The van der Waals surface area contributed by atoms with Crippen LogP contribution in [-0.2, 0) is 27.1 Å². The van der Waals surface area contributed by atoms with Gasteiger partial charge in [-0.2, -0.15) is 0 Å². The van der Waals surface area contributed by atoms with Crippen molar-refractivity contribution >= 4 is 21.5 Å². The number of hydrogen-bond acceptors (Lipinski definition) is 0. The molecule has 0 heteroatoms. The molecular weight excluding hydrogens is 1450 g/mol. The standard InChI is InChI=1S/C121H110/c1-11-13-15-17-19-29-63-121(64-30-20-18-16-14-12-2)111-75-103-109(119(7,8)113-71-99(91-43-21-23-47-97(91)115(103)113)79-55-51-77(52-56-79)81-35-31-37-83(65-81)85-39-33-41-87(67-85)89-59-61-95-93-45-25-27-49-105(93)117(3,4)107(95)69-89)73-101(111)102-74-110-104(76-112(102)121)116-98-48-24-22-44-92(98)100(72-114(116)120(110,9)10)80-57-53-78(54-58-80)82-36-32-38-84(66-82)86-40-34-42-88(68-86)90-60-62-96-94-46-26-28-50-106(94)118(5,6)108(96)70-90/h21-28,31-62,65-76H,11-20,29-30,63-64H2,1-10H3. The monoisotopic (exact) mass is 1560 g/mol. The fraction of sp³-hybridized carbons (Fsp3) is 0.240. The Morgan fingerprint density at radius 3 is 0.802 bits per heavy atom. The van der Waals surface area contributed by atoms with Crippen LogP contribution < -0.4 is 0 Å². The third-order valence-corrected chi connectivity index (χ3v) is 29.9. The van der Waals surface area contributed by atoms with Gasteiger partial charge in [0.15, 0.2) is 0 Å². The number of hydrogen-bond donors (Lipinski definition) is 0. The van der Waals surface area contributed by atoms with Crippen LogP contribution in [0.15, 0.2) is 315 Å². The lowest BCUT2D eigenvalue weighted by molar-refractivity contribution is 0.398. The van der Waals surface area contributed by atoms with Crippen molar-refractivity contribution < 1.29 is 0 Å². The summed E-state index contributed by atoms with van der Waals surface area (Å²) in [4.78, 5) is 0. The van der Waals surface area contributed by atoms with Crippen LogP contribution >= 0.6 is 0 Å². The van der Waals surface area contributed by atoms with Crippen LogP contribution in [0.25, 0.3) is 166 Å². The molecule has 0 saturated carbocycles. The Bertz CT molecular complexity index is 6420. The van der Waals surface area contributed by atoms with Gasteiger partial charge in [0.2, 0.25) is 0 Å². The van der Waals surface area contributed by atoms with E-state index >= 15 is 0 Å². The first-order chi connectivity index (χ1) is 58.9. The van der Waals surface area contributed by atoms with Crippen LogP contribution in [-0.4, -0.2) is 0 Å². The number of rotatable bonds is 22. The maximum atomic E-state index is 2.80. The van der Waals surface area contributed by atoms with Crippen LogP contribution in [0.3, 0.4) is 0 Å². The Balaban J connectivity index is 0.616. The summed E-state index contributed by atoms with van der Waals surface area (Å²) < 4.78 is 0. The Hall–Kier alpha value is -12.0. The molecule has 16 aromatic carbocycles.